The molecule has 0 spiro atoms. The standard InChI is InChI=1S/C51H34N4/c1-33-31-45(43-18-10-16-36-11-8-9-17-42(36)43)44-29-27-40-28-30-46(53-49(40)50(44)52-33)39-23-19-34(20-24-39)35-21-25-41(26-22-35)51-54-47(37-12-4-2-5-13-37)32-48(55-51)38-14-6-3-7-15-38/h2-32H,1H3. The van der Waals surface area contributed by atoms with Crippen LogP contribution in [0, 0.1) is 6.92 Å². The van der Waals surface area contributed by atoms with Crippen molar-refractivity contribution >= 4 is 32.6 Å². The first-order chi connectivity index (χ1) is 27.1. The predicted octanol–water partition coefficient (Wildman–Crippen LogP) is 13.0. The second kappa shape index (κ2) is 13.6. The average Bonchev–Trinajstić information content (AvgIpc) is 3.26. The number of rotatable bonds is 6. The minimum atomic E-state index is 0.700. The maximum absolute atomic E-state index is 5.24. The first-order valence-electron chi connectivity index (χ1n) is 18.6. The molecule has 7 aromatic carbocycles. The van der Waals surface area contributed by atoms with E-state index in [0.717, 1.165) is 78.0 Å². The highest BCUT2D eigenvalue weighted by Gasteiger charge is 2.15. The summed E-state index contributed by atoms with van der Waals surface area (Å²) in [6.07, 6.45) is 0. The molecule has 0 aliphatic heterocycles. The van der Waals surface area contributed by atoms with Gasteiger partial charge in [-0.3, -0.25) is 4.98 Å². The van der Waals surface area contributed by atoms with Crippen molar-refractivity contribution in [1.82, 2.24) is 19.9 Å². The maximum Gasteiger partial charge on any atom is 0.160 e. The fourth-order valence-corrected chi connectivity index (χ4v) is 7.58. The van der Waals surface area contributed by atoms with Gasteiger partial charge in [-0.1, -0.05) is 170 Å². The number of benzene rings is 7. The van der Waals surface area contributed by atoms with E-state index in [1.54, 1.807) is 0 Å². The molecule has 0 fully saturated rings. The molecule has 0 amide bonds. The Labute approximate surface area is 319 Å². The molecule has 0 radical (unpaired) electrons. The lowest BCUT2D eigenvalue weighted by Gasteiger charge is -2.13. The van der Waals surface area contributed by atoms with Gasteiger partial charge in [0.1, 0.15) is 0 Å². The Bertz CT molecular complexity index is 2950. The minimum absolute atomic E-state index is 0.700. The van der Waals surface area contributed by atoms with Crippen molar-refractivity contribution in [3.8, 4) is 67.4 Å². The zero-order chi connectivity index (χ0) is 36.7. The molecule has 0 atom stereocenters. The topological polar surface area (TPSA) is 51.6 Å². The summed E-state index contributed by atoms with van der Waals surface area (Å²) in [6, 6.07) is 65.7. The average molecular weight is 703 g/mol. The Morgan fingerprint density at radius 3 is 1.56 bits per heavy atom. The first-order valence-corrected chi connectivity index (χ1v) is 18.6. The van der Waals surface area contributed by atoms with Crippen LogP contribution in [0.3, 0.4) is 0 Å². The number of pyridine rings is 2. The number of aromatic nitrogens is 4. The first kappa shape index (κ1) is 32.4. The van der Waals surface area contributed by atoms with E-state index >= 15 is 0 Å². The van der Waals surface area contributed by atoms with Crippen LogP contribution in [0.4, 0.5) is 0 Å². The molecule has 0 aliphatic carbocycles. The highest BCUT2D eigenvalue weighted by Crippen LogP contribution is 2.37. The van der Waals surface area contributed by atoms with E-state index < -0.39 is 0 Å². The lowest BCUT2D eigenvalue weighted by molar-refractivity contribution is 1.18. The summed E-state index contributed by atoms with van der Waals surface area (Å²) in [6.45, 7) is 2.07. The number of nitrogens with zero attached hydrogens (tertiary/aromatic N) is 4. The third-order valence-corrected chi connectivity index (χ3v) is 10.4. The molecule has 55 heavy (non-hydrogen) atoms. The molecule has 4 heteroatoms. The highest BCUT2D eigenvalue weighted by atomic mass is 14.9. The molecule has 0 saturated carbocycles. The molecule has 0 bridgehead atoms. The molecule has 3 aromatic heterocycles. The Balaban J connectivity index is 0.977. The Kier molecular flexibility index (Phi) is 8.00. The summed E-state index contributed by atoms with van der Waals surface area (Å²) < 4.78 is 0. The zero-order valence-electron chi connectivity index (χ0n) is 30.2. The van der Waals surface area contributed by atoms with Gasteiger partial charge in [-0.05, 0) is 58.1 Å². The third kappa shape index (κ3) is 6.10. The van der Waals surface area contributed by atoms with Gasteiger partial charge < -0.3 is 0 Å². The van der Waals surface area contributed by atoms with Crippen molar-refractivity contribution < 1.29 is 0 Å². The van der Waals surface area contributed by atoms with Crippen LogP contribution in [0.25, 0.3) is 100.0 Å². The van der Waals surface area contributed by atoms with E-state index in [1.807, 2.05) is 36.4 Å². The van der Waals surface area contributed by atoms with E-state index in [9.17, 15) is 0 Å². The molecular formula is C51H34N4. The van der Waals surface area contributed by atoms with E-state index in [2.05, 4.69) is 159 Å². The number of aryl methyl sites for hydroxylation is 1. The quantitative estimate of drug-likeness (QED) is 0.162. The predicted molar refractivity (Wildman–Crippen MR) is 227 cm³/mol. The molecule has 258 valence electrons. The van der Waals surface area contributed by atoms with Crippen LogP contribution in [0.15, 0.2) is 188 Å². The van der Waals surface area contributed by atoms with Crippen LogP contribution in [-0.2, 0) is 0 Å². The number of hydrogen-bond donors (Lipinski definition) is 0. The van der Waals surface area contributed by atoms with Gasteiger partial charge in [0.15, 0.2) is 5.82 Å². The summed E-state index contributed by atoms with van der Waals surface area (Å²) in [5.41, 5.74) is 14.3. The molecule has 0 aliphatic rings. The largest absolute Gasteiger partial charge is 0.251 e. The van der Waals surface area contributed by atoms with Gasteiger partial charge in [-0.15, -0.1) is 0 Å². The van der Waals surface area contributed by atoms with Crippen molar-refractivity contribution in [2.24, 2.45) is 0 Å². The van der Waals surface area contributed by atoms with Crippen LogP contribution in [0.5, 0.6) is 0 Å². The highest BCUT2D eigenvalue weighted by molar-refractivity contribution is 6.11. The van der Waals surface area contributed by atoms with Crippen molar-refractivity contribution in [3.63, 3.8) is 0 Å². The normalized spacial score (nSPS) is 11.4. The molecule has 10 aromatic rings. The summed E-state index contributed by atoms with van der Waals surface area (Å²) in [7, 11) is 0. The molecular weight excluding hydrogens is 669 g/mol. The van der Waals surface area contributed by atoms with Crippen LogP contribution in [-0.4, -0.2) is 19.9 Å². The van der Waals surface area contributed by atoms with E-state index in [-0.39, 0.29) is 0 Å². The van der Waals surface area contributed by atoms with Crippen molar-refractivity contribution in [2.45, 2.75) is 6.92 Å². The van der Waals surface area contributed by atoms with E-state index in [4.69, 9.17) is 19.9 Å². The van der Waals surface area contributed by atoms with E-state index in [1.165, 1.54) is 21.9 Å². The van der Waals surface area contributed by atoms with Crippen LogP contribution < -0.4 is 0 Å². The lowest BCUT2D eigenvalue weighted by Crippen LogP contribution is -1.95. The second-order valence-electron chi connectivity index (χ2n) is 13.9. The summed E-state index contributed by atoms with van der Waals surface area (Å²) >= 11 is 0. The lowest BCUT2D eigenvalue weighted by atomic mass is 9.94. The van der Waals surface area contributed by atoms with Gasteiger partial charge in [-0.2, -0.15) is 0 Å². The van der Waals surface area contributed by atoms with Gasteiger partial charge in [0.2, 0.25) is 0 Å². The van der Waals surface area contributed by atoms with Crippen molar-refractivity contribution in [2.75, 3.05) is 0 Å². The van der Waals surface area contributed by atoms with Crippen molar-refractivity contribution in [1.29, 1.82) is 0 Å². The minimum Gasteiger partial charge on any atom is -0.251 e. The fourth-order valence-electron chi connectivity index (χ4n) is 7.58. The summed E-state index contributed by atoms with van der Waals surface area (Å²) in [5, 5.41) is 4.63. The van der Waals surface area contributed by atoms with Gasteiger partial charge in [0.05, 0.1) is 28.1 Å². The van der Waals surface area contributed by atoms with Gasteiger partial charge in [0, 0.05) is 38.7 Å². The molecule has 0 N–H and O–H groups in total. The molecule has 0 unspecified atom stereocenters. The van der Waals surface area contributed by atoms with Crippen LogP contribution in [0.2, 0.25) is 0 Å². The monoisotopic (exact) mass is 702 g/mol. The second-order valence-corrected chi connectivity index (χ2v) is 13.9. The SMILES string of the molecule is Cc1cc(-c2cccc3ccccc23)c2ccc3ccc(-c4ccc(-c5ccc(-c6nc(-c7ccccc7)cc(-c7ccccc7)n6)cc5)cc4)nc3c2n1. The maximum atomic E-state index is 5.24. The van der Waals surface area contributed by atoms with Crippen LogP contribution >= 0.6 is 0 Å². The Morgan fingerprint density at radius 2 is 0.873 bits per heavy atom. The summed E-state index contributed by atoms with van der Waals surface area (Å²) in [4.78, 5) is 20.3. The van der Waals surface area contributed by atoms with E-state index in [0.29, 0.717) is 5.82 Å². The van der Waals surface area contributed by atoms with Crippen LogP contribution in [0.1, 0.15) is 5.69 Å². The Morgan fingerprint density at radius 1 is 0.309 bits per heavy atom. The molecule has 0 saturated heterocycles. The van der Waals surface area contributed by atoms with Gasteiger partial charge in [0.25, 0.3) is 0 Å². The molecule has 4 nitrogen and oxygen atoms in total. The number of fused-ring (bicyclic) bond motifs is 4. The number of hydrogen-bond acceptors (Lipinski definition) is 4. The van der Waals surface area contributed by atoms with Gasteiger partial charge in [-0.25, -0.2) is 15.0 Å². The Hall–Kier alpha value is -7.30. The fraction of sp³-hybridized carbons (Fsp3) is 0.0196. The third-order valence-electron chi connectivity index (χ3n) is 10.4. The summed E-state index contributed by atoms with van der Waals surface area (Å²) in [5.74, 6) is 0.700. The molecule has 10 rings (SSSR count). The van der Waals surface area contributed by atoms with Gasteiger partial charge >= 0.3 is 0 Å². The van der Waals surface area contributed by atoms with Crippen molar-refractivity contribution in [3.05, 3.63) is 194 Å². The zero-order valence-corrected chi connectivity index (χ0v) is 30.2. The molecule has 3 heterocycles. The smallest absolute Gasteiger partial charge is 0.160 e.